The number of hydrogen-bond donors (Lipinski definition) is 0. The van der Waals surface area contributed by atoms with E-state index in [-0.39, 0.29) is 0 Å². The molecule has 2 aromatic rings. The Bertz CT molecular complexity index is 567. The van der Waals surface area contributed by atoms with Crippen molar-refractivity contribution in [1.82, 2.24) is 9.55 Å². The highest BCUT2D eigenvalue weighted by Crippen LogP contribution is 2.24. The molecule has 0 aromatic carbocycles. The van der Waals surface area contributed by atoms with E-state index in [1.54, 1.807) is 19.5 Å². The molecule has 0 aliphatic heterocycles. The predicted molar refractivity (Wildman–Crippen MR) is 69.0 cm³/mol. The van der Waals surface area contributed by atoms with Crippen molar-refractivity contribution in [2.24, 2.45) is 0 Å². The molecule has 0 aliphatic carbocycles. The zero-order valence-corrected chi connectivity index (χ0v) is 10.6. The summed E-state index contributed by atoms with van der Waals surface area (Å²) in [6, 6.07) is 8.01. The molecule has 0 aliphatic rings. The topological polar surface area (TPSA) is 50.8 Å². The average Bonchev–Trinajstić information content (AvgIpc) is 2.74. The van der Waals surface area contributed by atoms with Gasteiger partial charge >= 0.3 is 0 Å². The largest absolute Gasteiger partial charge is 0.383 e. The summed E-state index contributed by atoms with van der Waals surface area (Å²) in [5.41, 5.74) is 3.69. The molecule has 0 bridgehead atoms. The van der Waals surface area contributed by atoms with Crippen molar-refractivity contribution in [1.29, 1.82) is 5.26 Å². The zero-order chi connectivity index (χ0) is 13.0. The molecule has 2 heterocycles. The summed E-state index contributed by atoms with van der Waals surface area (Å²) >= 11 is 0. The van der Waals surface area contributed by atoms with Gasteiger partial charge in [-0.1, -0.05) is 0 Å². The monoisotopic (exact) mass is 241 g/mol. The standard InChI is InChI=1S/C14H15N3O/c1-11-13(9-15)8-14(17(11)6-7-18-2)12-4-3-5-16-10-12/h3-5,8,10H,6-7H2,1-2H3. The maximum Gasteiger partial charge on any atom is 0.101 e. The van der Waals surface area contributed by atoms with Gasteiger partial charge in [0.1, 0.15) is 6.07 Å². The number of nitriles is 1. The molecule has 4 heteroatoms. The molecule has 4 nitrogen and oxygen atoms in total. The van der Waals surface area contributed by atoms with Crippen LogP contribution in [0.3, 0.4) is 0 Å². The van der Waals surface area contributed by atoms with Crippen LogP contribution in [-0.2, 0) is 11.3 Å². The molecule has 0 N–H and O–H groups in total. The second-order valence-corrected chi connectivity index (χ2v) is 4.03. The van der Waals surface area contributed by atoms with E-state index in [2.05, 4.69) is 15.6 Å². The Morgan fingerprint density at radius 2 is 2.33 bits per heavy atom. The minimum Gasteiger partial charge on any atom is -0.383 e. The molecule has 0 unspecified atom stereocenters. The number of hydrogen-bond acceptors (Lipinski definition) is 3. The van der Waals surface area contributed by atoms with Gasteiger partial charge < -0.3 is 9.30 Å². The van der Waals surface area contributed by atoms with Crippen LogP contribution in [0.15, 0.2) is 30.6 Å². The quantitative estimate of drug-likeness (QED) is 0.825. The van der Waals surface area contributed by atoms with Gasteiger partial charge in [-0.2, -0.15) is 5.26 Å². The van der Waals surface area contributed by atoms with Gasteiger partial charge in [-0.3, -0.25) is 4.98 Å². The Hall–Kier alpha value is -2.12. The van der Waals surface area contributed by atoms with Gasteiger partial charge in [0.25, 0.3) is 0 Å². The molecule has 0 amide bonds. The second-order valence-electron chi connectivity index (χ2n) is 4.03. The number of aromatic nitrogens is 2. The van der Waals surface area contributed by atoms with E-state index in [0.717, 1.165) is 23.5 Å². The van der Waals surface area contributed by atoms with E-state index < -0.39 is 0 Å². The van der Waals surface area contributed by atoms with Crippen LogP contribution in [0.2, 0.25) is 0 Å². The van der Waals surface area contributed by atoms with Gasteiger partial charge in [0.2, 0.25) is 0 Å². The molecule has 0 atom stereocenters. The molecular formula is C14H15N3O. The van der Waals surface area contributed by atoms with Gasteiger partial charge in [0.15, 0.2) is 0 Å². The number of nitrogens with zero attached hydrogens (tertiary/aromatic N) is 3. The molecule has 18 heavy (non-hydrogen) atoms. The number of methoxy groups -OCH3 is 1. The van der Waals surface area contributed by atoms with E-state index in [1.165, 1.54) is 0 Å². The minimum atomic E-state index is 0.619. The molecule has 0 saturated carbocycles. The van der Waals surface area contributed by atoms with Crippen molar-refractivity contribution in [2.45, 2.75) is 13.5 Å². The third-order valence-corrected chi connectivity index (χ3v) is 2.96. The first-order valence-corrected chi connectivity index (χ1v) is 5.77. The lowest BCUT2D eigenvalue weighted by Crippen LogP contribution is -2.07. The zero-order valence-electron chi connectivity index (χ0n) is 10.6. The van der Waals surface area contributed by atoms with E-state index in [0.29, 0.717) is 12.2 Å². The molecule has 2 aromatic heterocycles. The van der Waals surface area contributed by atoms with Crippen LogP contribution in [0, 0.1) is 18.3 Å². The fraction of sp³-hybridized carbons (Fsp3) is 0.286. The summed E-state index contributed by atoms with van der Waals surface area (Å²) in [6.07, 6.45) is 3.54. The summed E-state index contributed by atoms with van der Waals surface area (Å²) in [5.74, 6) is 0. The lowest BCUT2D eigenvalue weighted by molar-refractivity contribution is 0.187. The van der Waals surface area contributed by atoms with Crippen molar-refractivity contribution in [3.63, 3.8) is 0 Å². The van der Waals surface area contributed by atoms with E-state index in [1.807, 2.05) is 25.1 Å². The second kappa shape index (κ2) is 5.48. The van der Waals surface area contributed by atoms with Crippen LogP contribution in [0.4, 0.5) is 0 Å². The minimum absolute atomic E-state index is 0.619. The maximum atomic E-state index is 9.12. The lowest BCUT2D eigenvalue weighted by Gasteiger charge is -2.10. The predicted octanol–water partition coefficient (Wildman–Crippen LogP) is 2.38. The van der Waals surface area contributed by atoms with Gasteiger partial charge in [0.05, 0.1) is 17.9 Å². The molecule has 0 radical (unpaired) electrons. The van der Waals surface area contributed by atoms with Crippen LogP contribution in [0.1, 0.15) is 11.3 Å². The van der Waals surface area contributed by atoms with Gasteiger partial charge in [-0.05, 0) is 25.1 Å². The van der Waals surface area contributed by atoms with Crippen molar-refractivity contribution < 1.29 is 4.74 Å². The molecule has 0 spiro atoms. The van der Waals surface area contributed by atoms with Crippen molar-refractivity contribution in [2.75, 3.05) is 13.7 Å². The van der Waals surface area contributed by atoms with Gasteiger partial charge in [0, 0.05) is 37.3 Å². The Morgan fingerprint density at radius 1 is 1.50 bits per heavy atom. The normalized spacial score (nSPS) is 10.3. The smallest absolute Gasteiger partial charge is 0.101 e. The Balaban J connectivity index is 2.49. The number of ether oxygens (including phenoxy) is 1. The highest BCUT2D eigenvalue weighted by molar-refractivity contribution is 5.63. The Labute approximate surface area is 106 Å². The van der Waals surface area contributed by atoms with Crippen molar-refractivity contribution >= 4 is 0 Å². The summed E-state index contributed by atoms with van der Waals surface area (Å²) in [7, 11) is 1.67. The highest BCUT2D eigenvalue weighted by atomic mass is 16.5. The van der Waals surface area contributed by atoms with Gasteiger partial charge in [-0.15, -0.1) is 0 Å². The van der Waals surface area contributed by atoms with E-state index >= 15 is 0 Å². The first-order chi connectivity index (χ1) is 8.77. The van der Waals surface area contributed by atoms with Gasteiger partial charge in [-0.25, -0.2) is 0 Å². The van der Waals surface area contributed by atoms with Crippen LogP contribution in [0.25, 0.3) is 11.3 Å². The lowest BCUT2D eigenvalue weighted by atomic mass is 10.2. The van der Waals surface area contributed by atoms with Crippen LogP contribution in [-0.4, -0.2) is 23.3 Å². The summed E-state index contributed by atoms with van der Waals surface area (Å²) < 4.78 is 7.21. The summed E-state index contributed by atoms with van der Waals surface area (Å²) in [5, 5.41) is 9.12. The maximum absolute atomic E-state index is 9.12. The highest BCUT2D eigenvalue weighted by Gasteiger charge is 2.12. The first kappa shape index (κ1) is 12.3. The first-order valence-electron chi connectivity index (χ1n) is 5.77. The van der Waals surface area contributed by atoms with Crippen molar-refractivity contribution in [3.05, 3.63) is 41.9 Å². The average molecular weight is 241 g/mol. The molecule has 0 fully saturated rings. The SMILES string of the molecule is COCCn1c(-c2cccnc2)cc(C#N)c1C. The van der Waals surface area contributed by atoms with Crippen LogP contribution < -0.4 is 0 Å². The summed E-state index contributed by atoms with van der Waals surface area (Å²) in [4.78, 5) is 4.12. The molecular weight excluding hydrogens is 226 g/mol. The van der Waals surface area contributed by atoms with Crippen LogP contribution in [0.5, 0.6) is 0 Å². The summed E-state index contributed by atoms with van der Waals surface area (Å²) in [6.45, 7) is 3.30. The molecule has 2 rings (SSSR count). The Kier molecular flexibility index (Phi) is 3.75. The Morgan fingerprint density at radius 3 is 2.94 bits per heavy atom. The fourth-order valence-electron chi connectivity index (χ4n) is 1.98. The third kappa shape index (κ3) is 2.27. The molecule has 92 valence electrons. The third-order valence-electron chi connectivity index (χ3n) is 2.96. The van der Waals surface area contributed by atoms with E-state index in [9.17, 15) is 0 Å². The number of rotatable bonds is 4. The van der Waals surface area contributed by atoms with E-state index in [4.69, 9.17) is 10.00 Å². The number of pyridine rings is 1. The molecule has 0 saturated heterocycles. The fourth-order valence-corrected chi connectivity index (χ4v) is 1.98. The van der Waals surface area contributed by atoms with Crippen molar-refractivity contribution in [3.8, 4) is 17.3 Å². The van der Waals surface area contributed by atoms with Crippen LogP contribution >= 0.6 is 0 Å².